The number of rotatable bonds is 2. The van der Waals surface area contributed by atoms with Crippen LogP contribution in [0.5, 0.6) is 0 Å². The van der Waals surface area contributed by atoms with E-state index < -0.39 is 23.0 Å². The van der Waals surface area contributed by atoms with Gasteiger partial charge in [0.05, 0.1) is 16.8 Å². The van der Waals surface area contributed by atoms with Gasteiger partial charge in [0.25, 0.3) is 11.1 Å². The Hall–Kier alpha value is -3.62. The molecule has 4 aromatic rings. The molecular formula is C18H11F3N4O2. The van der Waals surface area contributed by atoms with Crippen molar-refractivity contribution in [1.82, 2.24) is 19.6 Å². The molecule has 4 rings (SSSR count). The SMILES string of the molecule is O=c1[nH]cccc1-c1cc(=O)n2[nH]c(C(F)(F)F)c(-c3ccccc3)c2n1. The minimum atomic E-state index is -4.73. The first-order valence-electron chi connectivity index (χ1n) is 7.83. The van der Waals surface area contributed by atoms with Gasteiger partial charge in [-0.05, 0) is 17.7 Å². The normalized spacial score (nSPS) is 11.8. The third kappa shape index (κ3) is 2.82. The molecule has 6 nitrogen and oxygen atoms in total. The van der Waals surface area contributed by atoms with E-state index in [2.05, 4.69) is 15.1 Å². The Balaban J connectivity index is 2.11. The van der Waals surface area contributed by atoms with Crippen molar-refractivity contribution < 1.29 is 13.2 Å². The molecule has 9 heteroatoms. The van der Waals surface area contributed by atoms with Gasteiger partial charge >= 0.3 is 6.18 Å². The number of alkyl halides is 3. The molecule has 1 aromatic carbocycles. The van der Waals surface area contributed by atoms with Crippen LogP contribution in [-0.2, 0) is 6.18 Å². The number of pyridine rings is 1. The number of hydrogen-bond donors (Lipinski definition) is 2. The summed E-state index contributed by atoms with van der Waals surface area (Å²) in [5.74, 6) is 0. The van der Waals surface area contributed by atoms with Gasteiger partial charge in [0.2, 0.25) is 0 Å². The predicted molar refractivity (Wildman–Crippen MR) is 92.3 cm³/mol. The molecule has 3 aromatic heterocycles. The maximum absolute atomic E-state index is 13.6. The van der Waals surface area contributed by atoms with Crippen molar-refractivity contribution in [2.75, 3.05) is 0 Å². The van der Waals surface area contributed by atoms with Crippen LogP contribution in [0.25, 0.3) is 28.0 Å². The van der Waals surface area contributed by atoms with Gasteiger partial charge in [-0.25, -0.2) is 9.50 Å². The minimum Gasteiger partial charge on any atom is -0.329 e. The van der Waals surface area contributed by atoms with Crippen LogP contribution in [0.2, 0.25) is 0 Å². The average molecular weight is 372 g/mol. The summed E-state index contributed by atoms with van der Waals surface area (Å²) in [5, 5.41) is 2.09. The number of aromatic nitrogens is 4. The summed E-state index contributed by atoms with van der Waals surface area (Å²) in [5.41, 5.74) is -2.48. The first-order chi connectivity index (χ1) is 12.9. The predicted octanol–water partition coefficient (Wildman–Crippen LogP) is 3.06. The first kappa shape index (κ1) is 16.8. The lowest BCUT2D eigenvalue weighted by Crippen LogP contribution is -2.17. The molecule has 0 spiro atoms. The molecule has 2 N–H and O–H groups in total. The summed E-state index contributed by atoms with van der Waals surface area (Å²) in [7, 11) is 0. The van der Waals surface area contributed by atoms with E-state index in [-0.39, 0.29) is 28.0 Å². The largest absolute Gasteiger partial charge is 0.433 e. The zero-order valence-corrected chi connectivity index (χ0v) is 13.5. The van der Waals surface area contributed by atoms with E-state index in [9.17, 15) is 22.8 Å². The van der Waals surface area contributed by atoms with Crippen molar-refractivity contribution in [1.29, 1.82) is 0 Å². The number of nitrogens with one attached hydrogen (secondary N) is 2. The Bertz CT molecular complexity index is 1250. The molecule has 0 saturated carbocycles. The fourth-order valence-corrected chi connectivity index (χ4v) is 2.88. The maximum atomic E-state index is 13.6. The fourth-order valence-electron chi connectivity index (χ4n) is 2.88. The van der Waals surface area contributed by atoms with Crippen molar-refractivity contribution >= 4 is 5.65 Å². The van der Waals surface area contributed by atoms with E-state index in [1.165, 1.54) is 30.5 Å². The summed E-state index contributed by atoms with van der Waals surface area (Å²) < 4.78 is 41.4. The van der Waals surface area contributed by atoms with Crippen LogP contribution >= 0.6 is 0 Å². The van der Waals surface area contributed by atoms with Crippen molar-refractivity contribution in [2.24, 2.45) is 0 Å². The maximum Gasteiger partial charge on any atom is 0.433 e. The lowest BCUT2D eigenvalue weighted by molar-refractivity contribution is -0.140. The highest BCUT2D eigenvalue weighted by molar-refractivity contribution is 5.81. The number of halogens is 3. The minimum absolute atomic E-state index is 0.00763. The summed E-state index contributed by atoms with van der Waals surface area (Å²) in [4.78, 5) is 31.1. The van der Waals surface area contributed by atoms with Gasteiger partial charge in [0.1, 0.15) is 5.69 Å². The molecule has 0 saturated heterocycles. The molecule has 0 atom stereocenters. The van der Waals surface area contributed by atoms with Crippen molar-refractivity contribution in [3.05, 3.63) is 81.1 Å². The Morgan fingerprint density at radius 1 is 1.00 bits per heavy atom. The molecule has 0 bridgehead atoms. The number of fused-ring (bicyclic) bond motifs is 1. The number of H-pyrrole nitrogens is 2. The number of benzene rings is 1. The van der Waals surface area contributed by atoms with Gasteiger partial charge in [0, 0.05) is 12.3 Å². The number of nitrogens with zero attached hydrogens (tertiary/aromatic N) is 2. The summed E-state index contributed by atoms with van der Waals surface area (Å²) >= 11 is 0. The van der Waals surface area contributed by atoms with Crippen LogP contribution in [0.15, 0.2) is 64.3 Å². The Morgan fingerprint density at radius 3 is 2.41 bits per heavy atom. The van der Waals surface area contributed by atoms with Crippen LogP contribution in [0, 0.1) is 0 Å². The van der Waals surface area contributed by atoms with Gasteiger partial charge in [-0.2, -0.15) is 13.2 Å². The Kier molecular flexibility index (Phi) is 3.72. The molecule has 0 aliphatic carbocycles. The van der Waals surface area contributed by atoms with Crippen molar-refractivity contribution in [3.63, 3.8) is 0 Å². The molecule has 0 fully saturated rings. The van der Waals surface area contributed by atoms with Crippen LogP contribution in [0.3, 0.4) is 0 Å². The highest BCUT2D eigenvalue weighted by atomic mass is 19.4. The molecule has 0 unspecified atom stereocenters. The van der Waals surface area contributed by atoms with E-state index in [4.69, 9.17) is 0 Å². The standard InChI is InChI=1S/C18H11F3N4O2/c19-18(20,21)15-14(10-5-2-1-3-6-10)16-23-12(9-13(26)25(16)24-15)11-7-4-8-22-17(11)27/h1-9,24H,(H,22,27). The summed E-state index contributed by atoms with van der Waals surface area (Å²) in [6, 6.07) is 11.8. The van der Waals surface area contributed by atoms with Gasteiger partial charge in [-0.1, -0.05) is 30.3 Å². The van der Waals surface area contributed by atoms with E-state index in [0.717, 1.165) is 10.6 Å². The third-order valence-electron chi connectivity index (χ3n) is 4.06. The molecule has 0 radical (unpaired) electrons. The first-order valence-corrected chi connectivity index (χ1v) is 7.83. The van der Waals surface area contributed by atoms with Crippen LogP contribution in [0.1, 0.15) is 5.69 Å². The topological polar surface area (TPSA) is 83.0 Å². The fraction of sp³-hybridized carbons (Fsp3) is 0.0556. The smallest absolute Gasteiger partial charge is 0.329 e. The number of aromatic amines is 2. The lowest BCUT2D eigenvalue weighted by Gasteiger charge is -2.07. The Morgan fingerprint density at radius 2 is 1.74 bits per heavy atom. The second-order valence-corrected chi connectivity index (χ2v) is 5.78. The second kappa shape index (κ2) is 5.97. The zero-order chi connectivity index (χ0) is 19.2. The molecule has 0 aliphatic rings. The molecule has 0 aliphatic heterocycles. The van der Waals surface area contributed by atoms with Crippen LogP contribution in [-0.4, -0.2) is 19.6 Å². The molecule has 27 heavy (non-hydrogen) atoms. The Labute approximate surface area is 148 Å². The quantitative estimate of drug-likeness (QED) is 0.567. The highest BCUT2D eigenvalue weighted by Crippen LogP contribution is 2.38. The van der Waals surface area contributed by atoms with E-state index >= 15 is 0 Å². The monoisotopic (exact) mass is 372 g/mol. The van der Waals surface area contributed by atoms with Gasteiger partial charge in [-0.15, -0.1) is 0 Å². The summed E-state index contributed by atoms with van der Waals surface area (Å²) in [6.07, 6.45) is -3.32. The third-order valence-corrected chi connectivity index (χ3v) is 4.06. The van der Waals surface area contributed by atoms with Crippen molar-refractivity contribution in [3.8, 4) is 22.4 Å². The van der Waals surface area contributed by atoms with Crippen molar-refractivity contribution in [2.45, 2.75) is 6.18 Å². The number of hydrogen-bond acceptors (Lipinski definition) is 3. The lowest BCUT2D eigenvalue weighted by atomic mass is 10.1. The average Bonchev–Trinajstić information content (AvgIpc) is 3.03. The van der Waals surface area contributed by atoms with E-state index in [0.29, 0.717) is 0 Å². The van der Waals surface area contributed by atoms with E-state index in [1.54, 1.807) is 18.2 Å². The zero-order valence-electron chi connectivity index (χ0n) is 13.5. The van der Waals surface area contributed by atoms with Gasteiger partial charge in [0.15, 0.2) is 5.65 Å². The molecule has 3 heterocycles. The second-order valence-electron chi connectivity index (χ2n) is 5.78. The molecule has 136 valence electrons. The molecule has 0 amide bonds. The van der Waals surface area contributed by atoms with Crippen LogP contribution < -0.4 is 11.1 Å². The van der Waals surface area contributed by atoms with Gasteiger partial charge < -0.3 is 4.98 Å². The molecular weight excluding hydrogens is 361 g/mol. The van der Waals surface area contributed by atoms with Crippen LogP contribution in [0.4, 0.5) is 13.2 Å². The van der Waals surface area contributed by atoms with Gasteiger partial charge in [-0.3, -0.25) is 14.7 Å². The summed E-state index contributed by atoms with van der Waals surface area (Å²) in [6.45, 7) is 0. The van der Waals surface area contributed by atoms with E-state index in [1.807, 2.05) is 0 Å². The highest BCUT2D eigenvalue weighted by Gasteiger charge is 2.38.